The topological polar surface area (TPSA) is 82.3 Å². The minimum absolute atomic E-state index is 0.232. The third-order valence-electron chi connectivity index (χ3n) is 2.56. The van der Waals surface area contributed by atoms with Gasteiger partial charge in [0, 0.05) is 12.5 Å². The molecule has 1 aromatic carbocycles. The second-order valence-corrected chi connectivity index (χ2v) is 3.83. The standard InChI is InChI=1S/C11H12N4O3/c16-7-11-12-14-15(13-11)8-2-3-9-10(6-8)18-5-1-4-17-9/h2-3,6,16H,1,4-5,7H2. The van der Waals surface area contributed by atoms with Crippen molar-refractivity contribution in [2.75, 3.05) is 13.2 Å². The zero-order chi connectivity index (χ0) is 12.4. The molecule has 1 N–H and O–H groups in total. The summed E-state index contributed by atoms with van der Waals surface area (Å²) in [6.45, 7) is 1.05. The van der Waals surface area contributed by atoms with E-state index in [0.29, 0.717) is 24.7 Å². The molecular formula is C11H12N4O3. The lowest BCUT2D eigenvalue weighted by atomic mass is 10.3. The van der Waals surface area contributed by atoms with Crippen LogP contribution in [-0.4, -0.2) is 38.5 Å². The van der Waals surface area contributed by atoms with Gasteiger partial charge in [-0.2, -0.15) is 0 Å². The van der Waals surface area contributed by atoms with Gasteiger partial charge in [-0.3, -0.25) is 0 Å². The average molecular weight is 248 g/mol. The highest BCUT2D eigenvalue weighted by Crippen LogP contribution is 2.31. The Morgan fingerprint density at radius 2 is 2.06 bits per heavy atom. The van der Waals surface area contributed by atoms with Crippen molar-refractivity contribution in [2.24, 2.45) is 0 Å². The van der Waals surface area contributed by atoms with Gasteiger partial charge < -0.3 is 14.6 Å². The number of benzene rings is 1. The minimum atomic E-state index is -0.232. The second-order valence-electron chi connectivity index (χ2n) is 3.83. The predicted octanol–water partition coefficient (Wildman–Crippen LogP) is 0.316. The van der Waals surface area contributed by atoms with E-state index in [0.717, 1.165) is 12.2 Å². The Hall–Kier alpha value is -2.15. The molecule has 1 aliphatic rings. The van der Waals surface area contributed by atoms with Gasteiger partial charge in [0.1, 0.15) is 6.61 Å². The molecule has 2 heterocycles. The van der Waals surface area contributed by atoms with Crippen LogP contribution in [-0.2, 0) is 6.61 Å². The quantitative estimate of drug-likeness (QED) is 0.824. The van der Waals surface area contributed by atoms with E-state index in [1.807, 2.05) is 12.1 Å². The first-order valence-electron chi connectivity index (χ1n) is 5.66. The summed E-state index contributed by atoms with van der Waals surface area (Å²) < 4.78 is 11.1. The molecule has 0 radical (unpaired) electrons. The highest BCUT2D eigenvalue weighted by molar-refractivity contribution is 5.48. The SMILES string of the molecule is OCc1nnn(-c2ccc3c(c2)OCCCO3)n1. The van der Waals surface area contributed by atoms with Crippen molar-refractivity contribution in [1.29, 1.82) is 0 Å². The van der Waals surface area contributed by atoms with Crippen molar-refractivity contribution in [1.82, 2.24) is 20.2 Å². The van der Waals surface area contributed by atoms with Crippen molar-refractivity contribution < 1.29 is 14.6 Å². The number of aliphatic hydroxyl groups is 1. The fraction of sp³-hybridized carbons (Fsp3) is 0.364. The fourth-order valence-corrected chi connectivity index (χ4v) is 1.69. The van der Waals surface area contributed by atoms with Gasteiger partial charge in [0.2, 0.25) is 5.82 Å². The lowest BCUT2D eigenvalue weighted by Gasteiger charge is -2.08. The summed E-state index contributed by atoms with van der Waals surface area (Å²) in [6, 6.07) is 5.43. The summed E-state index contributed by atoms with van der Waals surface area (Å²) in [5, 5.41) is 20.5. The van der Waals surface area contributed by atoms with E-state index in [-0.39, 0.29) is 12.4 Å². The smallest absolute Gasteiger partial charge is 0.200 e. The van der Waals surface area contributed by atoms with Crippen LogP contribution < -0.4 is 9.47 Å². The van der Waals surface area contributed by atoms with E-state index in [9.17, 15) is 0 Å². The number of nitrogens with zero attached hydrogens (tertiary/aromatic N) is 4. The third kappa shape index (κ3) is 2.00. The van der Waals surface area contributed by atoms with E-state index >= 15 is 0 Å². The highest BCUT2D eigenvalue weighted by atomic mass is 16.5. The fourth-order valence-electron chi connectivity index (χ4n) is 1.69. The van der Waals surface area contributed by atoms with Gasteiger partial charge in [0.15, 0.2) is 11.5 Å². The van der Waals surface area contributed by atoms with E-state index in [4.69, 9.17) is 14.6 Å². The van der Waals surface area contributed by atoms with Gasteiger partial charge >= 0.3 is 0 Å². The molecule has 0 fully saturated rings. The molecule has 0 atom stereocenters. The van der Waals surface area contributed by atoms with Gasteiger partial charge in [-0.15, -0.1) is 15.0 Å². The molecule has 0 saturated carbocycles. The number of aliphatic hydroxyl groups excluding tert-OH is 1. The summed E-state index contributed by atoms with van der Waals surface area (Å²) in [5.74, 6) is 1.67. The normalized spacial score (nSPS) is 14.3. The van der Waals surface area contributed by atoms with Crippen molar-refractivity contribution in [3.8, 4) is 17.2 Å². The average Bonchev–Trinajstić information content (AvgIpc) is 2.76. The molecule has 1 aliphatic heterocycles. The van der Waals surface area contributed by atoms with E-state index in [1.54, 1.807) is 6.07 Å². The molecule has 7 heteroatoms. The number of hydrogen-bond donors (Lipinski definition) is 1. The maximum absolute atomic E-state index is 8.90. The Morgan fingerprint density at radius 1 is 1.22 bits per heavy atom. The predicted molar refractivity (Wildman–Crippen MR) is 60.7 cm³/mol. The molecule has 0 amide bonds. The first-order chi connectivity index (χ1) is 8.86. The van der Waals surface area contributed by atoms with Crippen LogP contribution in [0, 0.1) is 0 Å². The van der Waals surface area contributed by atoms with Crippen LogP contribution in [0.2, 0.25) is 0 Å². The van der Waals surface area contributed by atoms with Crippen LogP contribution in [0.15, 0.2) is 18.2 Å². The summed E-state index contributed by atoms with van der Waals surface area (Å²) >= 11 is 0. The van der Waals surface area contributed by atoms with Crippen molar-refractivity contribution >= 4 is 0 Å². The summed E-state index contributed by atoms with van der Waals surface area (Å²) in [4.78, 5) is 1.35. The Labute approximate surface area is 103 Å². The van der Waals surface area contributed by atoms with E-state index in [1.165, 1.54) is 4.80 Å². The lowest BCUT2D eigenvalue weighted by Crippen LogP contribution is -2.01. The highest BCUT2D eigenvalue weighted by Gasteiger charge is 2.12. The number of ether oxygens (including phenoxy) is 2. The second kappa shape index (κ2) is 4.61. The summed E-state index contributed by atoms with van der Waals surface area (Å²) in [7, 11) is 0. The maximum Gasteiger partial charge on any atom is 0.200 e. The van der Waals surface area contributed by atoms with Crippen LogP contribution in [0.25, 0.3) is 5.69 Å². The van der Waals surface area contributed by atoms with Crippen molar-refractivity contribution in [3.63, 3.8) is 0 Å². The van der Waals surface area contributed by atoms with Gasteiger partial charge in [-0.05, 0) is 17.3 Å². The number of aromatic nitrogens is 4. The summed E-state index contributed by atoms with van der Waals surface area (Å²) in [6.07, 6.45) is 0.861. The Balaban J connectivity index is 1.95. The molecule has 1 aromatic heterocycles. The first-order valence-corrected chi connectivity index (χ1v) is 5.66. The molecule has 7 nitrogen and oxygen atoms in total. The van der Waals surface area contributed by atoms with E-state index < -0.39 is 0 Å². The molecule has 2 aromatic rings. The van der Waals surface area contributed by atoms with Gasteiger partial charge in [0.05, 0.1) is 18.9 Å². The van der Waals surface area contributed by atoms with Crippen LogP contribution in [0.3, 0.4) is 0 Å². The molecule has 18 heavy (non-hydrogen) atoms. The molecule has 94 valence electrons. The first kappa shape index (κ1) is 11.0. The Morgan fingerprint density at radius 3 is 2.83 bits per heavy atom. The van der Waals surface area contributed by atoms with E-state index in [2.05, 4.69) is 15.4 Å². The molecule has 0 bridgehead atoms. The Kier molecular flexibility index (Phi) is 2.81. The van der Waals surface area contributed by atoms with Gasteiger partial charge in [-0.25, -0.2) is 0 Å². The molecule has 0 aliphatic carbocycles. The zero-order valence-electron chi connectivity index (χ0n) is 9.61. The lowest BCUT2D eigenvalue weighted by molar-refractivity contribution is 0.271. The third-order valence-corrected chi connectivity index (χ3v) is 2.56. The minimum Gasteiger partial charge on any atom is -0.490 e. The Bertz CT molecular complexity index is 555. The molecule has 0 saturated heterocycles. The van der Waals surface area contributed by atoms with Gasteiger partial charge in [0.25, 0.3) is 0 Å². The number of tetrazole rings is 1. The number of fused-ring (bicyclic) bond motifs is 1. The van der Waals surface area contributed by atoms with Crippen molar-refractivity contribution in [3.05, 3.63) is 24.0 Å². The maximum atomic E-state index is 8.90. The van der Waals surface area contributed by atoms with Crippen LogP contribution in [0.1, 0.15) is 12.2 Å². The largest absolute Gasteiger partial charge is 0.490 e. The molecule has 0 unspecified atom stereocenters. The molecule has 3 rings (SSSR count). The van der Waals surface area contributed by atoms with Gasteiger partial charge in [-0.1, -0.05) is 0 Å². The monoisotopic (exact) mass is 248 g/mol. The molecule has 0 spiro atoms. The summed E-state index contributed by atoms with van der Waals surface area (Å²) in [5.41, 5.74) is 0.714. The van der Waals surface area contributed by atoms with Crippen LogP contribution in [0.4, 0.5) is 0 Å². The zero-order valence-corrected chi connectivity index (χ0v) is 9.61. The van der Waals surface area contributed by atoms with Crippen LogP contribution >= 0.6 is 0 Å². The number of rotatable bonds is 2. The van der Waals surface area contributed by atoms with Crippen LogP contribution in [0.5, 0.6) is 11.5 Å². The van der Waals surface area contributed by atoms with Crippen molar-refractivity contribution in [2.45, 2.75) is 13.0 Å². The number of hydrogen-bond acceptors (Lipinski definition) is 6. The molecular weight excluding hydrogens is 236 g/mol.